The van der Waals surface area contributed by atoms with Crippen LogP contribution in [0.4, 0.5) is 5.69 Å². The van der Waals surface area contributed by atoms with Crippen molar-refractivity contribution in [2.24, 2.45) is 0 Å². The molecule has 2 nitrogen and oxygen atoms in total. The van der Waals surface area contributed by atoms with E-state index in [1.165, 1.54) is 5.56 Å². The molecule has 1 aliphatic rings. The van der Waals surface area contributed by atoms with E-state index in [-0.39, 0.29) is 5.21 Å². The maximum absolute atomic E-state index is 6.44. The van der Waals surface area contributed by atoms with Gasteiger partial charge in [0.1, 0.15) is 21.4 Å². The van der Waals surface area contributed by atoms with Crippen LogP contribution < -0.4 is 10.5 Å². The average Bonchev–Trinajstić information content (AvgIpc) is 2.79. The van der Waals surface area contributed by atoms with E-state index in [0.29, 0.717) is 23.2 Å². The second kappa shape index (κ2) is 5.27. The van der Waals surface area contributed by atoms with E-state index in [2.05, 4.69) is 53.8 Å². The monoisotopic (exact) mass is 311 g/mol. The van der Waals surface area contributed by atoms with Gasteiger partial charge in [0.15, 0.2) is 0 Å². The molecule has 2 N–H and O–H groups in total. The molecule has 2 aromatic rings. The summed E-state index contributed by atoms with van der Waals surface area (Å²) in [5.74, 6) is 1.40. The van der Waals surface area contributed by atoms with Crippen molar-refractivity contribution in [1.29, 1.82) is 0 Å². The van der Waals surface area contributed by atoms with Gasteiger partial charge >= 0.3 is 0 Å². The van der Waals surface area contributed by atoms with Crippen LogP contribution >= 0.6 is 11.6 Å². The Labute approximate surface area is 138 Å². The van der Waals surface area contributed by atoms with Gasteiger partial charge in [0.2, 0.25) is 0 Å². The van der Waals surface area contributed by atoms with Gasteiger partial charge in [-0.3, -0.25) is 0 Å². The van der Waals surface area contributed by atoms with E-state index in [1.54, 1.807) is 0 Å². The molecule has 5 heteroatoms. The first kappa shape index (κ1) is 15.4. The third kappa shape index (κ3) is 2.40. The van der Waals surface area contributed by atoms with Crippen molar-refractivity contribution in [3.05, 3.63) is 46.5 Å². The highest BCUT2D eigenvalue weighted by Crippen LogP contribution is 2.48. The first-order chi connectivity index (χ1) is 10.3. The number of anilines is 1. The zero-order valence-electron chi connectivity index (χ0n) is 13.5. The molecular formula is C17H20B2ClNO. The Morgan fingerprint density at radius 1 is 1.23 bits per heavy atom. The lowest BCUT2D eigenvalue weighted by Gasteiger charge is -2.18. The molecule has 0 spiro atoms. The minimum Gasteiger partial charge on any atom is -0.493 e. The lowest BCUT2D eigenvalue weighted by molar-refractivity contribution is 0.344. The molecular weight excluding hydrogens is 291 g/mol. The van der Waals surface area contributed by atoms with Crippen molar-refractivity contribution in [2.75, 3.05) is 12.3 Å². The Hall–Kier alpha value is -1.54. The van der Waals surface area contributed by atoms with Crippen LogP contribution in [0, 0.1) is 0 Å². The molecule has 22 heavy (non-hydrogen) atoms. The molecule has 0 aromatic heterocycles. The van der Waals surface area contributed by atoms with E-state index in [0.717, 1.165) is 22.4 Å². The Morgan fingerprint density at radius 3 is 2.45 bits per heavy atom. The maximum Gasteiger partial charge on any atom is 0.131 e. The number of nitrogen functional groups attached to an aromatic ring is 1. The number of ether oxygens (including phenoxy) is 1. The van der Waals surface area contributed by atoms with Crippen molar-refractivity contribution >= 4 is 33.0 Å². The van der Waals surface area contributed by atoms with Crippen LogP contribution in [0.15, 0.2) is 30.3 Å². The van der Waals surface area contributed by atoms with Crippen LogP contribution in [0.1, 0.15) is 30.9 Å². The summed E-state index contributed by atoms with van der Waals surface area (Å²) in [5, 5.41) is 0.508. The number of halogens is 1. The Balaban J connectivity index is 2.17. The molecule has 0 amide bonds. The number of benzene rings is 2. The van der Waals surface area contributed by atoms with Crippen molar-refractivity contribution < 1.29 is 4.74 Å². The highest BCUT2D eigenvalue weighted by Gasteiger charge is 2.36. The second-order valence-electron chi connectivity index (χ2n) is 6.98. The largest absolute Gasteiger partial charge is 0.493 e. The standard InChI is InChI=1S/C17H20B2ClNO/c1-9(2)10-3-5-11(6-4-10)12-7-13(21)15(20)14-16(12)22-8-17(14,18)19/h3-7,9H,8,18-19,21H2,1-2H3. The highest BCUT2D eigenvalue weighted by molar-refractivity contribution is 6.44. The number of hydrogen-bond acceptors (Lipinski definition) is 2. The minimum absolute atomic E-state index is 0.117. The van der Waals surface area contributed by atoms with Crippen LogP contribution in [0.5, 0.6) is 5.75 Å². The predicted octanol–water partition coefficient (Wildman–Crippen LogP) is 2.52. The third-order valence-electron chi connectivity index (χ3n) is 4.39. The van der Waals surface area contributed by atoms with Gasteiger partial charge in [-0.25, -0.2) is 0 Å². The van der Waals surface area contributed by atoms with E-state index < -0.39 is 0 Å². The fourth-order valence-electron chi connectivity index (χ4n) is 3.00. The summed E-state index contributed by atoms with van der Waals surface area (Å²) in [6, 6.07) is 10.5. The smallest absolute Gasteiger partial charge is 0.131 e. The van der Waals surface area contributed by atoms with Gasteiger partial charge in [0.05, 0.1) is 17.3 Å². The Morgan fingerprint density at radius 2 is 1.86 bits per heavy atom. The highest BCUT2D eigenvalue weighted by atomic mass is 35.5. The van der Waals surface area contributed by atoms with Crippen LogP contribution in [-0.4, -0.2) is 22.3 Å². The van der Waals surface area contributed by atoms with Gasteiger partial charge < -0.3 is 10.5 Å². The fourth-order valence-corrected chi connectivity index (χ4v) is 3.40. The first-order valence-corrected chi connectivity index (χ1v) is 8.04. The SMILES string of the molecule is BC1(B)COc2c(-c3ccc(C(C)C)cc3)cc(N)c(Cl)c21. The zero-order chi connectivity index (χ0) is 16.1. The van der Waals surface area contributed by atoms with Crippen LogP contribution in [0.2, 0.25) is 5.02 Å². The fraction of sp³-hybridized carbons (Fsp3) is 0.294. The third-order valence-corrected chi connectivity index (χ3v) is 4.79. The molecule has 0 unspecified atom stereocenters. The van der Waals surface area contributed by atoms with E-state index in [9.17, 15) is 0 Å². The predicted molar refractivity (Wildman–Crippen MR) is 99.7 cm³/mol. The normalized spacial score (nSPS) is 15.6. The summed E-state index contributed by atoms with van der Waals surface area (Å²) in [6.07, 6.45) is 0. The topological polar surface area (TPSA) is 35.2 Å². The summed E-state index contributed by atoms with van der Waals surface area (Å²) >= 11 is 6.44. The quantitative estimate of drug-likeness (QED) is 0.683. The van der Waals surface area contributed by atoms with Crippen molar-refractivity contribution in [1.82, 2.24) is 0 Å². The summed E-state index contributed by atoms with van der Waals surface area (Å²) in [4.78, 5) is 0. The van der Waals surface area contributed by atoms with Crippen molar-refractivity contribution in [2.45, 2.75) is 25.0 Å². The van der Waals surface area contributed by atoms with Gasteiger partial charge in [0, 0.05) is 11.1 Å². The van der Waals surface area contributed by atoms with E-state index in [4.69, 9.17) is 22.1 Å². The van der Waals surface area contributed by atoms with Crippen molar-refractivity contribution in [3.8, 4) is 16.9 Å². The number of hydrogen-bond donors (Lipinski definition) is 1. The molecule has 0 radical (unpaired) electrons. The first-order valence-electron chi connectivity index (χ1n) is 7.67. The summed E-state index contributed by atoms with van der Waals surface area (Å²) in [6.45, 7) is 5.01. The second-order valence-corrected chi connectivity index (χ2v) is 7.36. The summed E-state index contributed by atoms with van der Waals surface area (Å²) in [5.41, 5.74) is 11.2. The molecule has 0 bridgehead atoms. The number of nitrogens with two attached hydrogens (primary N) is 1. The minimum atomic E-state index is -0.117. The van der Waals surface area contributed by atoms with Gasteiger partial charge in [-0.2, -0.15) is 0 Å². The molecule has 0 saturated heterocycles. The summed E-state index contributed by atoms with van der Waals surface area (Å²) < 4.78 is 5.97. The number of fused-ring (bicyclic) bond motifs is 1. The molecule has 0 aliphatic carbocycles. The summed E-state index contributed by atoms with van der Waals surface area (Å²) in [7, 11) is 4.27. The van der Waals surface area contributed by atoms with Crippen molar-refractivity contribution in [3.63, 3.8) is 0 Å². The lowest BCUT2D eigenvalue weighted by atomic mass is 9.52. The average molecular weight is 311 g/mol. The molecule has 0 atom stereocenters. The van der Waals surface area contributed by atoms with Gasteiger partial charge in [-0.1, -0.05) is 49.7 Å². The van der Waals surface area contributed by atoms with Gasteiger partial charge in [0.25, 0.3) is 0 Å². The lowest BCUT2D eigenvalue weighted by Crippen LogP contribution is -2.28. The van der Waals surface area contributed by atoms with Gasteiger partial charge in [-0.05, 0) is 28.3 Å². The molecule has 112 valence electrons. The van der Waals surface area contributed by atoms with E-state index in [1.807, 2.05) is 6.07 Å². The zero-order valence-corrected chi connectivity index (χ0v) is 14.3. The molecule has 0 saturated carbocycles. The van der Waals surface area contributed by atoms with Crippen LogP contribution in [0.25, 0.3) is 11.1 Å². The molecule has 3 rings (SSSR count). The molecule has 0 fully saturated rings. The Kier molecular flexibility index (Phi) is 3.68. The number of rotatable bonds is 2. The molecule has 1 heterocycles. The molecule has 2 aromatic carbocycles. The molecule has 1 aliphatic heterocycles. The van der Waals surface area contributed by atoms with E-state index >= 15 is 0 Å². The van der Waals surface area contributed by atoms with Crippen LogP contribution in [-0.2, 0) is 5.21 Å². The Bertz CT molecular complexity index is 726. The maximum atomic E-state index is 6.44. The van der Waals surface area contributed by atoms with Gasteiger partial charge in [-0.15, -0.1) is 0 Å². The van der Waals surface area contributed by atoms with Crippen LogP contribution in [0.3, 0.4) is 0 Å².